The van der Waals surface area contributed by atoms with E-state index in [1.807, 2.05) is 4.90 Å². The lowest BCUT2D eigenvalue weighted by molar-refractivity contribution is -0.120. The number of halogens is 2. The lowest BCUT2D eigenvalue weighted by Crippen LogP contribution is -2.39. The molecule has 1 saturated heterocycles. The van der Waals surface area contributed by atoms with Crippen molar-refractivity contribution in [3.05, 3.63) is 27.7 Å². The molecule has 1 aliphatic heterocycles. The maximum Gasteiger partial charge on any atom is 0.241 e. The first kappa shape index (κ1) is 15.3. The number of hydrogen-bond donors (Lipinski definition) is 1. The Labute approximate surface area is 131 Å². The highest BCUT2D eigenvalue weighted by atomic mass is 79.9. The van der Waals surface area contributed by atoms with Gasteiger partial charge in [-0.2, -0.15) is 5.26 Å². The van der Waals surface area contributed by atoms with Crippen LogP contribution in [0.1, 0.15) is 13.3 Å². The van der Waals surface area contributed by atoms with E-state index in [9.17, 15) is 4.79 Å². The van der Waals surface area contributed by atoms with Gasteiger partial charge in [0.2, 0.25) is 5.91 Å². The average molecular weight is 357 g/mol. The van der Waals surface area contributed by atoms with Crippen molar-refractivity contribution >= 4 is 39.1 Å². The number of anilines is 1. The summed E-state index contributed by atoms with van der Waals surface area (Å²) in [5.74, 6) is 0.356. The Bertz CT molecular complexity index is 558. The van der Waals surface area contributed by atoms with E-state index >= 15 is 0 Å². The number of likely N-dealkylation sites (tertiary alicyclic amines) is 1. The zero-order valence-electron chi connectivity index (χ0n) is 11.1. The van der Waals surface area contributed by atoms with Crippen LogP contribution in [0.3, 0.4) is 0 Å². The zero-order valence-corrected chi connectivity index (χ0v) is 13.4. The summed E-state index contributed by atoms with van der Waals surface area (Å²) in [4.78, 5) is 14.3. The summed E-state index contributed by atoms with van der Waals surface area (Å²) in [5.41, 5.74) is 0.697. The topological polar surface area (TPSA) is 56.1 Å². The van der Waals surface area contributed by atoms with E-state index < -0.39 is 0 Å². The van der Waals surface area contributed by atoms with Crippen LogP contribution in [0, 0.1) is 17.2 Å². The largest absolute Gasteiger partial charge is 0.325 e. The molecule has 1 aromatic carbocycles. The van der Waals surface area contributed by atoms with Crippen LogP contribution in [0.15, 0.2) is 22.7 Å². The van der Waals surface area contributed by atoms with E-state index in [0.717, 1.165) is 17.4 Å². The molecule has 1 aromatic rings. The summed E-state index contributed by atoms with van der Waals surface area (Å²) < 4.78 is 0.741. The summed E-state index contributed by atoms with van der Waals surface area (Å²) in [5, 5.41) is 12.3. The highest BCUT2D eigenvalue weighted by Crippen LogP contribution is 2.27. The third-order valence-electron chi connectivity index (χ3n) is 3.38. The number of carbonyl (C=O) groups excluding carboxylic acids is 1. The summed E-state index contributed by atoms with van der Waals surface area (Å²) in [7, 11) is 0. The molecule has 1 fully saturated rings. The molecule has 2 rings (SSSR count). The Kier molecular flexibility index (Phi) is 5.03. The Hall–Kier alpha value is -1.09. The molecule has 2 atom stereocenters. The third-order valence-corrected chi connectivity index (χ3v) is 4.59. The number of amides is 1. The van der Waals surface area contributed by atoms with E-state index in [1.165, 1.54) is 0 Å². The molecule has 0 saturated carbocycles. The zero-order chi connectivity index (χ0) is 14.7. The van der Waals surface area contributed by atoms with Crippen LogP contribution in [-0.4, -0.2) is 29.9 Å². The van der Waals surface area contributed by atoms with Crippen LogP contribution in [-0.2, 0) is 4.79 Å². The highest BCUT2D eigenvalue weighted by Gasteiger charge is 2.34. The van der Waals surface area contributed by atoms with Gasteiger partial charge in [0, 0.05) is 16.7 Å². The maximum atomic E-state index is 12.3. The second-order valence-electron chi connectivity index (χ2n) is 5.06. The Morgan fingerprint density at radius 2 is 2.40 bits per heavy atom. The average Bonchev–Trinajstić information content (AvgIpc) is 2.75. The second-order valence-corrected chi connectivity index (χ2v) is 6.32. The summed E-state index contributed by atoms with van der Waals surface area (Å²) in [6.45, 7) is 3.17. The second kappa shape index (κ2) is 6.57. The van der Waals surface area contributed by atoms with Crippen molar-refractivity contribution < 1.29 is 4.79 Å². The van der Waals surface area contributed by atoms with Gasteiger partial charge in [-0.05, 0) is 46.5 Å². The van der Waals surface area contributed by atoms with Crippen LogP contribution in [0.4, 0.5) is 5.69 Å². The SMILES string of the molecule is C[C@H]1C[C@@H](C(=O)Nc2ccc(Cl)c(Br)c2)N(CC#N)C1. The molecule has 4 nitrogen and oxygen atoms in total. The van der Waals surface area contributed by atoms with Crippen LogP contribution in [0.2, 0.25) is 5.02 Å². The minimum atomic E-state index is -0.237. The van der Waals surface area contributed by atoms with E-state index in [0.29, 0.717) is 16.6 Å². The molecule has 0 radical (unpaired) electrons. The molecule has 6 heteroatoms. The van der Waals surface area contributed by atoms with Crippen molar-refractivity contribution in [1.82, 2.24) is 4.90 Å². The van der Waals surface area contributed by atoms with Gasteiger partial charge in [0.15, 0.2) is 0 Å². The summed E-state index contributed by atoms with van der Waals surface area (Å²) >= 11 is 9.25. The quantitative estimate of drug-likeness (QED) is 0.846. The number of nitrogens with one attached hydrogen (secondary N) is 1. The van der Waals surface area contributed by atoms with Gasteiger partial charge in [0.05, 0.1) is 23.7 Å². The first-order chi connectivity index (χ1) is 9.51. The van der Waals surface area contributed by atoms with Crippen molar-refractivity contribution in [1.29, 1.82) is 5.26 Å². The lowest BCUT2D eigenvalue weighted by Gasteiger charge is -2.20. The Balaban J connectivity index is 2.07. The normalized spacial score (nSPS) is 22.5. The maximum absolute atomic E-state index is 12.3. The third kappa shape index (κ3) is 3.51. The van der Waals surface area contributed by atoms with Crippen LogP contribution in [0.5, 0.6) is 0 Å². The fourth-order valence-electron chi connectivity index (χ4n) is 2.47. The number of benzene rings is 1. The number of nitriles is 1. The molecule has 0 aliphatic carbocycles. The lowest BCUT2D eigenvalue weighted by atomic mass is 10.1. The molecule has 0 bridgehead atoms. The molecule has 106 valence electrons. The van der Waals surface area contributed by atoms with Gasteiger partial charge in [0.1, 0.15) is 0 Å². The Morgan fingerprint density at radius 3 is 3.05 bits per heavy atom. The standard InChI is InChI=1S/C14H15BrClN3O/c1-9-6-13(19(8-9)5-4-17)14(20)18-10-2-3-12(16)11(15)7-10/h2-3,7,9,13H,5-6,8H2,1H3,(H,18,20)/t9-,13-/m0/s1. The van der Waals surface area contributed by atoms with E-state index in [2.05, 4.69) is 34.2 Å². The first-order valence-corrected chi connectivity index (χ1v) is 7.55. The molecule has 1 heterocycles. The van der Waals surface area contributed by atoms with Crippen molar-refractivity contribution in [2.45, 2.75) is 19.4 Å². The van der Waals surface area contributed by atoms with Gasteiger partial charge in [0.25, 0.3) is 0 Å². The minimum absolute atomic E-state index is 0.0705. The predicted octanol–water partition coefficient (Wildman–Crippen LogP) is 3.27. The minimum Gasteiger partial charge on any atom is -0.325 e. The molecule has 0 spiro atoms. The predicted molar refractivity (Wildman–Crippen MR) is 82.5 cm³/mol. The van der Waals surface area contributed by atoms with Crippen LogP contribution in [0.25, 0.3) is 0 Å². The highest BCUT2D eigenvalue weighted by molar-refractivity contribution is 9.10. The molecule has 1 N–H and O–H groups in total. The number of nitrogens with zero attached hydrogens (tertiary/aromatic N) is 2. The summed E-state index contributed by atoms with van der Waals surface area (Å²) in [6, 6.07) is 7.14. The molecule has 0 aromatic heterocycles. The molecule has 1 amide bonds. The van der Waals surface area contributed by atoms with Crippen LogP contribution >= 0.6 is 27.5 Å². The number of rotatable bonds is 3. The fourth-order valence-corrected chi connectivity index (χ4v) is 2.97. The van der Waals surface area contributed by atoms with Gasteiger partial charge in [-0.15, -0.1) is 0 Å². The van der Waals surface area contributed by atoms with Crippen molar-refractivity contribution in [3.8, 4) is 6.07 Å². The molecule has 20 heavy (non-hydrogen) atoms. The monoisotopic (exact) mass is 355 g/mol. The molecular weight excluding hydrogens is 342 g/mol. The van der Waals surface area contributed by atoms with Crippen molar-refractivity contribution in [2.24, 2.45) is 5.92 Å². The molecule has 0 unspecified atom stereocenters. The summed E-state index contributed by atoms with van der Waals surface area (Å²) in [6.07, 6.45) is 0.780. The smallest absolute Gasteiger partial charge is 0.241 e. The van der Waals surface area contributed by atoms with Crippen LogP contribution < -0.4 is 5.32 Å². The molecule has 1 aliphatic rings. The van der Waals surface area contributed by atoms with E-state index in [1.54, 1.807) is 18.2 Å². The van der Waals surface area contributed by atoms with Gasteiger partial charge in [-0.25, -0.2) is 0 Å². The van der Waals surface area contributed by atoms with E-state index in [-0.39, 0.29) is 18.5 Å². The first-order valence-electron chi connectivity index (χ1n) is 6.38. The molecular formula is C14H15BrClN3O. The number of carbonyl (C=O) groups is 1. The fraction of sp³-hybridized carbons (Fsp3) is 0.429. The van der Waals surface area contributed by atoms with Crippen molar-refractivity contribution in [2.75, 3.05) is 18.4 Å². The van der Waals surface area contributed by atoms with Gasteiger partial charge in [-0.1, -0.05) is 18.5 Å². The number of hydrogen-bond acceptors (Lipinski definition) is 3. The van der Waals surface area contributed by atoms with Crippen molar-refractivity contribution in [3.63, 3.8) is 0 Å². The van der Waals surface area contributed by atoms with Gasteiger partial charge in [-0.3, -0.25) is 9.69 Å². The van der Waals surface area contributed by atoms with Gasteiger partial charge >= 0.3 is 0 Å². The van der Waals surface area contributed by atoms with E-state index in [4.69, 9.17) is 16.9 Å². The Morgan fingerprint density at radius 1 is 1.65 bits per heavy atom. The van der Waals surface area contributed by atoms with Gasteiger partial charge < -0.3 is 5.32 Å².